The summed E-state index contributed by atoms with van der Waals surface area (Å²) in [6.45, 7) is 11.3. The maximum atomic E-state index is 13.4. The van der Waals surface area contributed by atoms with Crippen LogP contribution >= 0.6 is 0 Å². The first-order chi connectivity index (χ1) is 14.8. The molecule has 0 spiro atoms. The maximum absolute atomic E-state index is 13.4. The van der Waals surface area contributed by atoms with E-state index in [4.69, 9.17) is 19.6 Å². The molecule has 1 fully saturated rings. The average Bonchev–Trinajstić information content (AvgIpc) is 2.79. The molecule has 31 heavy (non-hydrogen) atoms. The van der Waals surface area contributed by atoms with E-state index in [2.05, 4.69) is 6.58 Å². The summed E-state index contributed by atoms with van der Waals surface area (Å²) in [5.74, 6) is -1.55. The Morgan fingerprint density at radius 2 is 1.65 bits per heavy atom. The van der Waals surface area contributed by atoms with Crippen LogP contribution in [-0.2, 0) is 40.2 Å². The van der Waals surface area contributed by atoms with Gasteiger partial charge in [-0.15, -0.1) is 6.58 Å². The Morgan fingerprint density at radius 1 is 1.06 bits per heavy atom. The van der Waals surface area contributed by atoms with Crippen molar-refractivity contribution in [2.24, 2.45) is 5.41 Å². The lowest BCUT2D eigenvalue weighted by Crippen LogP contribution is -2.58. The first-order valence-electron chi connectivity index (χ1n) is 10.3. The lowest BCUT2D eigenvalue weighted by Gasteiger charge is -2.43. The molecule has 3 unspecified atom stereocenters. The molecule has 1 aliphatic rings. The highest BCUT2D eigenvalue weighted by Gasteiger charge is 2.60. The first kappa shape index (κ1) is 22.7. The number of rotatable bonds is 7. The monoisotopic (exact) mass is 424 g/mol. The SMILES string of the molecule is C=CC(C)(C)C(CC)(C(=O)OOC(=O)C1(c2ccccc2)OOC1C)c1ccccc1. The molecule has 3 atom stereocenters. The van der Waals surface area contributed by atoms with Crippen LogP contribution in [0.25, 0.3) is 0 Å². The molecule has 1 heterocycles. The van der Waals surface area contributed by atoms with Crippen LogP contribution in [0.2, 0.25) is 0 Å². The molecule has 0 bridgehead atoms. The van der Waals surface area contributed by atoms with Gasteiger partial charge < -0.3 is 0 Å². The number of carbonyl (C=O) groups excluding carboxylic acids is 2. The Kier molecular flexibility index (Phi) is 6.34. The lowest BCUT2D eigenvalue weighted by atomic mass is 9.60. The second-order valence-corrected chi connectivity index (χ2v) is 8.22. The van der Waals surface area contributed by atoms with Crippen LogP contribution < -0.4 is 0 Å². The molecule has 0 aromatic heterocycles. The zero-order valence-corrected chi connectivity index (χ0v) is 18.3. The van der Waals surface area contributed by atoms with E-state index in [-0.39, 0.29) is 0 Å². The Labute approximate surface area is 182 Å². The van der Waals surface area contributed by atoms with Crippen molar-refractivity contribution in [3.63, 3.8) is 0 Å². The molecule has 0 radical (unpaired) electrons. The van der Waals surface area contributed by atoms with Gasteiger partial charge in [-0.1, -0.05) is 87.5 Å². The molecule has 0 saturated carbocycles. The van der Waals surface area contributed by atoms with Gasteiger partial charge >= 0.3 is 11.9 Å². The van der Waals surface area contributed by atoms with Crippen molar-refractivity contribution in [3.05, 3.63) is 84.4 Å². The molecule has 1 saturated heterocycles. The van der Waals surface area contributed by atoms with Gasteiger partial charge in [-0.2, -0.15) is 0 Å². The van der Waals surface area contributed by atoms with Gasteiger partial charge in [0.05, 0.1) is 0 Å². The number of hydrogen-bond donors (Lipinski definition) is 0. The quantitative estimate of drug-likeness (QED) is 0.361. The molecule has 0 amide bonds. The Bertz CT molecular complexity index is 939. The minimum absolute atomic E-state index is 0.409. The summed E-state index contributed by atoms with van der Waals surface area (Å²) in [5, 5.41) is 0. The molecule has 2 aromatic rings. The van der Waals surface area contributed by atoms with Gasteiger partial charge in [0.25, 0.3) is 5.60 Å². The summed E-state index contributed by atoms with van der Waals surface area (Å²) in [4.78, 5) is 46.9. The molecule has 0 aliphatic carbocycles. The van der Waals surface area contributed by atoms with Crippen LogP contribution in [-0.4, -0.2) is 18.0 Å². The highest BCUT2D eigenvalue weighted by molar-refractivity contribution is 5.87. The van der Waals surface area contributed by atoms with Gasteiger partial charge in [0.1, 0.15) is 11.5 Å². The second kappa shape index (κ2) is 8.65. The van der Waals surface area contributed by atoms with Crippen LogP contribution in [0.5, 0.6) is 0 Å². The smallest absolute Gasteiger partial charge is 0.246 e. The zero-order valence-electron chi connectivity index (χ0n) is 18.3. The number of benzene rings is 2. The standard InChI is InChI=1S/C25H28O6/c1-6-23(4,5)24(7-2,19-14-10-8-11-15-19)21(26)29-30-22(27)25(18(3)28-31-25)20-16-12-9-13-17-20/h6,8-18H,1,7H2,2-5H3. The van der Waals surface area contributed by atoms with Gasteiger partial charge in [-0.05, 0) is 18.9 Å². The fourth-order valence-corrected chi connectivity index (χ4v) is 4.19. The predicted octanol–water partition coefficient (Wildman–Crippen LogP) is 4.79. The van der Waals surface area contributed by atoms with Crippen LogP contribution in [0.1, 0.15) is 45.2 Å². The topological polar surface area (TPSA) is 71.1 Å². The van der Waals surface area contributed by atoms with E-state index >= 15 is 0 Å². The summed E-state index contributed by atoms with van der Waals surface area (Å²) in [5.41, 5.74) is -2.01. The summed E-state index contributed by atoms with van der Waals surface area (Å²) >= 11 is 0. The molecular weight excluding hydrogens is 396 g/mol. The minimum atomic E-state index is -1.50. The number of allylic oxidation sites excluding steroid dienone is 1. The number of carbonyl (C=O) groups is 2. The maximum Gasteiger partial charge on any atom is 0.397 e. The summed E-state index contributed by atoms with van der Waals surface area (Å²) in [7, 11) is 0. The highest BCUT2D eigenvalue weighted by atomic mass is 17.3. The van der Waals surface area contributed by atoms with Crippen LogP contribution in [0, 0.1) is 5.41 Å². The Hall–Kier alpha value is -2.96. The van der Waals surface area contributed by atoms with E-state index in [1.807, 2.05) is 57.2 Å². The van der Waals surface area contributed by atoms with E-state index in [1.54, 1.807) is 37.3 Å². The van der Waals surface area contributed by atoms with Crippen LogP contribution in [0.15, 0.2) is 73.3 Å². The summed E-state index contributed by atoms with van der Waals surface area (Å²) in [6.07, 6.45) is 1.51. The third kappa shape index (κ3) is 3.56. The average molecular weight is 424 g/mol. The zero-order chi connectivity index (χ0) is 22.7. The van der Waals surface area contributed by atoms with Crippen molar-refractivity contribution in [1.82, 2.24) is 0 Å². The van der Waals surface area contributed by atoms with Gasteiger partial charge in [0, 0.05) is 11.0 Å². The van der Waals surface area contributed by atoms with Crippen molar-refractivity contribution < 1.29 is 29.1 Å². The van der Waals surface area contributed by atoms with Gasteiger partial charge in [-0.25, -0.2) is 29.1 Å². The molecule has 0 N–H and O–H groups in total. The fourth-order valence-electron chi connectivity index (χ4n) is 4.19. The predicted molar refractivity (Wildman–Crippen MR) is 114 cm³/mol. The largest absolute Gasteiger partial charge is 0.397 e. The van der Waals surface area contributed by atoms with E-state index in [9.17, 15) is 9.59 Å². The fraction of sp³-hybridized carbons (Fsp3) is 0.360. The molecule has 2 aromatic carbocycles. The third-order valence-electron chi connectivity index (χ3n) is 6.35. The molecule has 6 heteroatoms. The van der Waals surface area contributed by atoms with Crippen LogP contribution in [0.3, 0.4) is 0 Å². The highest BCUT2D eigenvalue weighted by Crippen LogP contribution is 2.47. The molecule has 1 aliphatic heterocycles. The lowest BCUT2D eigenvalue weighted by molar-refractivity contribution is -0.504. The van der Waals surface area contributed by atoms with Crippen molar-refractivity contribution >= 4 is 11.9 Å². The first-order valence-corrected chi connectivity index (χ1v) is 10.3. The van der Waals surface area contributed by atoms with E-state index in [0.717, 1.165) is 5.56 Å². The summed E-state index contributed by atoms with van der Waals surface area (Å²) < 4.78 is 0. The van der Waals surface area contributed by atoms with Crippen molar-refractivity contribution in [1.29, 1.82) is 0 Å². The molecular formula is C25H28O6. The second-order valence-electron chi connectivity index (χ2n) is 8.22. The van der Waals surface area contributed by atoms with Gasteiger partial charge in [0.2, 0.25) is 0 Å². The van der Waals surface area contributed by atoms with E-state index in [1.165, 1.54) is 0 Å². The summed E-state index contributed by atoms with van der Waals surface area (Å²) in [6, 6.07) is 18.1. The Balaban J connectivity index is 1.89. The molecule has 6 nitrogen and oxygen atoms in total. The normalized spacial score (nSPS) is 22.5. The van der Waals surface area contributed by atoms with E-state index in [0.29, 0.717) is 12.0 Å². The van der Waals surface area contributed by atoms with Crippen molar-refractivity contribution in [3.8, 4) is 0 Å². The number of hydrogen-bond acceptors (Lipinski definition) is 6. The van der Waals surface area contributed by atoms with Crippen molar-refractivity contribution in [2.45, 2.75) is 51.2 Å². The third-order valence-corrected chi connectivity index (χ3v) is 6.35. The van der Waals surface area contributed by atoms with E-state index < -0.39 is 34.5 Å². The Morgan fingerprint density at radius 3 is 2.10 bits per heavy atom. The minimum Gasteiger partial charge on any atom is -0.246 e. The molecule has 164 valence electrons. The van der Waals surface area contributed by atoms with Gasteiger partial charge in [0.15, 0.2) is 0 Å². The van der Waals surface area contributed by atoms with Gasteiger partial charge in [-0.3, -0.25) is 0 Å². The van der Waals surface area contributed by atoms with Crippen LogP contribution in [0.4, 0.5) is 0 Å². The van der Waals surface area contributed by atoms with Crippen molar-refractivity contribution in [2.75, 3.05) is 0 Å². The molecule has 3 rings (SSSR count).